The van der Waals surface area contributed by atoms with Crippen LogP contribution in [0.4, 0.5) is 0 Å². The first-order chi connectivity index (χ1) is 33.2. The third kappa shape index (κ3) is 48.5. The number of aliphatic hydroxyl groups is 1. The molecule has 0 fully saturated rings. The van der Waals surface area contributed by atoms with Crippen molar-refractivity contribution >= 4 is 25.7 Å². The van der Waals surface area contributed by atoms with E-state index in [9.17, 15) is 28.9 Å². The van der Waals surface area contributed by atoms with Crippen LogP contribution >= 0.6 is 7.82 Å². The van der Waals surface area contributed by atoms with Gasteiger partial charge in [-0.05, 0) is 70.6 Å². The van der Waals surface area contributed by atoms with Gasteiger partial charge in [0.2, 0.25) is 0 Å². The number of aliphatic hydroxyl groups excluding tert-OH is 1. The largest absolute Gasteiger partial charge is 0.472 e. The normalized spacial score (nSPS) is 13.8. The number of carbonyl (C=O) groups excluding carboxylic acids is 3. The number of phosphoric acid groups is 1. The van der Waals surface area contributed by atoms with Crippen LogP contribution in [-0.4, -0.2) is 66.5 Å². The van der Waals surface area contributed by atoms with Crippen LogP contribution in [0.3, 0.4) is 0 Å². The van der Waals surface area contributed by atoms with Gasteiger partial charge in [-0.2, -0.15) is 0 Å². The van der Waals surface area contributed by atoms with Crippen molar-refractivity contribution in [2.24, 2.45) is 0 Å². The average molecular weight is 981 g/mol. The molecule has 0 aliphatic rings. The third-order valence-corrected chi connectivity index (χ3v) is 12.7. The van der Waals surface area contributed by atoms with Crippen molar-refractivity contribution in [1.82, 2.24) is 0 Å². The maximum Gasteiger partial charge on any atom is 0.472 e. The lowest BCUT2D eigenvalue weighted by Crippen LogP contribution is -2.30. The summed E-state index contributed by atoms with van der Waals surface area (Å²) in [6, 6.07) is 0. The van der Waals surface area contributed by atoms with Crippen LogP contribution in [0.5, 0.6) is 0 Å². The van der Waals surface area contributed by atoms with Crippen molar-refractivity contribution in [2.75, 3.05) is 26.4 Å². The molecule has 0 spiro atoms. The number of ether oxygens (including phenoxy) is 3. The Morgan fingerprint density at radius 2 is 0.779 bits per heavy atom. The van der Waals surface area contributed by atoms with Crippen LogP contribution in [-0.2, 0) is 42.2 Å². The highest BCUT2D eigenvalue weighted by Gasteiger charge is 2.28. The molecule has 2 N–H and O–H groups in total. The SMILES string of the molecule is CC/C=C\C/C=C\C/C=C\CCCCCCCCCC(=O)OC(COC(=O)CCCCCCCCCCCCCCC)COP(=O)(O)OCC(CO)OC(=O)CCCCCCC/C=C\CCCC. The summed E-state index contributed by atoms with van der Waals surface area (Å²) >= 11 is 0. The molecule has 3 atom stereocenters. The van der Waals surface area contributed by atoms with E-state index in [2.05, 4.69) is 69.4 Å². The van der Waals surface area contributed by atoms with Gasteiger partial charge in [-0.15, -0.1) is 0 Å². The lowest BCUT2D eigenvalue weighted by Gasteiger charge is -2.21. The predicted molar refractivity (Wildman–Crippen MR) is 279 cm³/mol. The number of hydrogen-bond donors (Lipinski definition) is 2. The number of unbranched alkanes of at least 4 members (excludes halogenated alkanes) is 26. The Morgan fingerprint density at radius 1 is 0.426 bits per heavy atom. The maximum atomic E-state index is 12.9. The Labute approximate surface area is 415 Å². The van der Waals surface area contributed by atoms with Gasteiger partial charge in [-0.25, -0.2) is 4.57 Å². The Kier molecular flexibility index (Phi) is 48.9. The van der Waals surface area contributed by atoms with Crippen LogP contribution < -0.4 is 0 Å². The van der Waals surface area contributed by atoms with Crippen molar-refractivity contribution in [1.29, 1.82) is 0 Å². The monoisotopic (exact) mass is 981 g/mol. The summed E-state index contributed by atoms with van der Waals surface area (Å²) in [7, 11) is -4.74. The fourth-order valence-electron chi connectivity index (χ4n) is 7.53. The molecule has 0 saturated carbocycles. The Hall–Kier alpha value is -2.56. The minimum absolute atomic E-state index is 0.158. The van der Waals surface area contributed by atoms with Gasteiger partial charge >= 0.3 is 25.7 Å². The topological polar surface area (TPSA) is 155 Å². The zero-order valence-corrected chi connectivity index (χ0v) is 44.5. The van der Waals surface area contributed by atoms with E-state index in [1.807, 2.05) is 0 Å². The van der Waals surface area contributed by atoms with Crippen molar-refractivity contribution < 1.29 is 52.2 Å². The van der Waals surface area contributed by atoms with Gasteiger partial charge in [0.1, 0.15) is 12.7 Å². The van der Waals surface area contributed by atoms with E-state index < -0.39 is 57.8 Å². The Bertz CT molecular complexity index is 1330. The van der Waals surface area contributed by atoms with E-state index in [0.717, 1.165) is 109 Å². The second kappa shape index (κ2) is 50.8. The fourth-order valence-corrected chi connectivity index (χ4v) is 8.31. The smallest absolute Gasteiger partial charge is 0.462 e. The van der Waals surface area contributed by atoms with Crippen molar-refractivity contribution in [3.05, 3.63) is 48.6 Å². The van der Waals surface area contributed by atoms with Gasteiger partial charge in [0.15, 0.2) is 6.10 Å². The van der Waals surface area contributed by atoms with Crippen LogP contribution in [0.2, 0.25) is 0 Å². The van der Waals surface area contributed by atoms with Crippen LogP contribution in [0.25, 0.3) is 0 Å². The van der Waals surface area contributed by atoms with Crippen LogP contribution in [0.15, 0.2) is 48.6 Å². The lowest BCUT2D eigenvalue weighted by molar-refractivity contribution is -0.161. The molecule has 0 aliphatic heterocycles. The van der Waals surface area contributed by atoms with Gasteiger partial charge < -0.3 is 24.2 Å². The third-order valence-electron chi connectivity index (χ3n) is 11.7. The molecule has 11 nitrogen and oxygen atoms in total. The minimum atomic E-state index is -4.74. The number of allylic oxidation sites excluding steroid dienone is 8. The summed E-state index contributed by atoms with van der Waals surface area (Å²) in [5.74, 6) is -1.47. The highest BCUT2D eigenvalue weighted by atomic mass is 31.2. The molecule has 0 aromatic carbocycles. The zero-order valence-electron chi connectivity index (χ0n) is 43.6. The van der Waals surface area contributed by atoms with Crippen LogP contribution in [0, 0.1) is 0 Å². The molecule has 3 unspecified atom stereocenters. The maximum absolute atomic E-state index is 12.9. The first-order valence-corrected chi connectivity index (χ1v) is 29.0. The van der Waals surface area contributed by atoms with Crippen molar-refractivity contribution in [3.8, 4) is 0 Å². The number of esters is 3. The fraction of sp³-hybridized carbons (Fsp3) is 0.804. The van der Waals surface area contributed by atoms with E-state index in [-0.39, 0.29) is 25.9 Å². The predicted octanol–water partition coefficient (Wildman–Crippen LogP) is 15.8. The Morgan fingerprint density at radius 3 is 1.24 bits per heavy atom. The highest BCUT2D eigenvalue weighted by Crippen LogP contribution is 2.43. The number of carbonyl (C=O) groups is 3. The molecule has 0 aromatic heterocycles. The summed E-state index contributed by atoms with van der Waals surface area (Å²) in [5, 5.41) is 9.77. The van der Waals surface area contributed by atoms with Gasteiger partial charge in [0, 0.05) is 19.3 Å². The molecular weight excluding hydrogens is 880 g/mol. The molecule has 12 heteroatoms. The number of phosphoric ester groups is 1. The lowest BCUT2D eigenvalue weighted by atomic mass is 10.0. The van der Waals surface area contributed by atoms with Gasteiger partial charge in [0.05, 0.1) is 19.8 Å². The quantitative estimate of drug-likeness (QED) is 0.0197. The molecule has 68 heavy (non-hydrogen) atoms. The number of rotatable bonds is 51. The van der Waals surface area contributed by atoms with Crippen LogP contribution in [0.1, 0.15) is 252 Å². The summed E-state index contributed by atoms with van der Waals surface area (Å²) in [5.41, 5.74) is 0. The highest BCUT2D eigenvalue weighted by molar-refractivity contribution is 7.47. The molecule has 0 aromatic rings. The first-order valence-electron chi connectivity index (χ1n) is 27.5. The van der Waals surface area contributed by atoms with E-state index in [0.29, 0.717) is 19.3 Å². The standard InChI is InChI=1S/C56H101O11P/c1-4-7-10-13-16-19-22-24-25-26-27-29-32-35-38-41-44-47-56(60)67-53(49-63-54(58)45-42-39-36-33-31-28-23-20-17-14-11-8-5-2)51-65-68(61,62)64-50-52(48-57)66-55(59)46-43-40-37-34-30-21-18-15-12-9-6-3/h7,10,15-16,18-19,24-25,52-53,57H,4-6,8-9,11-14,17,20-23,26-51H2,1-3H3,(H,61,62)/b10-7-,18-15-,19-16-,25-24-. The molecule has 0 amide bonds. The van der Waals surface area contributed by atoms with Crippen molar-refractivity contribution in [2.45, 2.75) is 264 Å². The van der Waals surface area contributed by atoms with Gasteiger partial charge in [0.25, 0.3) is 0 Å². The van der Waals surface area contributed by atoms with Crippen molar-refractivity contribution in [3.63, 3.8) is 0 Å². The Balaban J connectivity index is 4.74. The summed E-state index contributed by atoms with van der Waals surface area (Å²) in [6.45, 7) is 4.48. The summed E-state index contributed by atoms with van der Waals surface area (Å²) < 4.78 is 39.4. The number of hydrogen-bond acceptors (Lipinski definition) is 10. The first kappa shape index (κ1) is 65.4. The average Bonchev–Trinajstić information content (AvgIpc) is 3.32. The van der Waals surface area contributed by atoms with E-state index in [1.54, 1.807) is 0 Å². The molecule has 0 saturated heterocycles. The molecule has 0 bridgehead atoms. The van der Waals surface area contributed by atoms with E-state index >= 15 is 0 Å². The van der Waals surface area contributed by atoms with Gasteiger partial charge in [-0.3, -0.25) is 23.4 Å². The molecule has 0 aliphatic carbocycles. The second-order valence-electron chi connectivity index (χ2n) is 18.4. The minimum Gasteiger partial charge on any atom is -0.462 e. The second-order valence-corrected chi connectivity index (χ2v) is 19.8. The molecule has 396 valence electrons. The summed E-state index contributed by atoms with van der Waals surface area (Å²) in [6.07, 6.45) is 52.1. The zero-order chi connectivity index (χ0) is 49.9. The van der Waals surface area contributed by atoms with E-state index in [1.165, 1.54) is 83.5 Å². The van der Waals surface area contributed by atoms with E-state index in [4.69, 9.17) is 23.3 Å². The molecule has 0 rings (SSSR count). The molecular formula is C56H101O11P. The molecule has 0 radical (unpaired) electrons. The molecule has 0 heterocycles. The summed E-state index contributed by atoms with van der Waals surface area (Å²) in [4.78, 5) is 48.4. The van der Waals surface area contributed by atoms with Gasteiger partial charge in [-0.1, -0.05) is 211 Å².